The third kappa shape index (κ3) is 3.00. The molecule has 1 amide bonds. The van der Waals surface area contributed by atoms with Gasteiger partial charge < -0.3 is 4.74 Å². The molecule has 0 saturated carbocycles. The molecule has 0 aliphatic heterocycles. The van der Waals surface area contributed by atoms with Crippen LogP contribution in [0.25, 0.3) is 10.9 Å². The van der Waals surface area contributed by atoms with Crippen LogP contribution in [0.2, 0.25) is 0 Å². The molecule has 0 spiro atoms. The van der Waals surface area contributed by atoms with E-state index < -0.39 is 5.91 Å². The van der Waals surface area contributed by atoms with Crippen molar-refractivity contribution in [3.8, 4) is 5.75 Å². The molecule has 3 aromatic rings. The van der Waals surface area contributed by atoms with Crippen LogP contribution in [-0.2, 0) is 0 Å². The predicted octanol–water partition coefficient (Wildman–Crippen LogP) is 2.27. The molecule has 2 aromatic carbocycles. The van der Waals surface area contributed by atoms with Crippen LogP contribution in [0.5, 0.6) is 5.75 Å². The smallest absolute Gasteiger partial charge is 0.269 e. The van der Waals surface area contributed by atoms with Gasteiger partial charge in [-0.05, 0) is 30.7 Å². The molecule has 6 nitrogen and oxygen atoms in total. The van der Waals surface area contributed by atoms with Crippen LogP contribution in [0.15, 0.2) is 54.7 Å². The van der Waals surface area contributed by atoms with E-state index in [0.29, 0.717) is 22.2 Å². The number of nitrogen functional groups attached to an aromatic ring is 1. The van der Waals surface area contributed by atoms with Gasteiger partial charge in [0.05, 0.1) is 11.1 Å². The van der Waals surface area contributed by atoms with Crippen molar-refractivity contribution in [2.45, 2.75) is 6.92 Å². The topological polar surface area (TPSA) is 86.3 Å². The van der Waals surface area contributed by atoms with Gasteiger partial charge in [0, 0.05) is 11.6 Å². The summed E-state index contributed by atoms with van der Waals surface area (Å²) in [6.07, 6.45) is 1.48. The third-order valence-corrected chi connectivity index (χ3v) is 3.71. The fraction of sp³-hybridized carbons (Fsp3) is 0.111. The average Bonchev–Trinajstić information content (AvgIpc) is 2.99. The monoisotopic (exact) mass is 323 g/mol. The second-order valence-electron chi connectivity index (χ2n) is 5.40. The molecule has 3 N–H and O–H groups in total. The average molecular weight is 323 g/mol. The van der Waals surface area contributed by atoms with Crippen molar-refractivity contribution in [2.75, 3.05) is 6.61 Å². The Morgan fingerprint density at radius 1 is 1.17 bits per heavy atom. The van der Waals surface area contributed by atoms with Crippen LogP contribution in [0.4, 0.5) is 0 Å². The van der Waals surface area contributed by atoms with Crippen LogP contribution in [0.1, 0.15) is 20.7 Å². The normalized spacial score (nSPS) is 10.6. The maximum Gasteiger partial charge on any atom is 0.269 e. The van der Waals surface area contributed by atoms with E-state index in [1.165, 1.54) is 10.8 Å². The Kier molecular flexibility index (Phi) is 4.31. The number of rotatable bonds is 4. The summed E-state index contributed by atoms with van der Waals surface area (Å²) in [4.78, 5) is 24.4. The van der Waals surface area contributed by atoms with E-state index in [-0.39, 0.29) is 12.5 Å². The molecule has 3 rings (SSSR count). The maximum atomic E-state index is 12.5. The minimum Gasteiger partial charge on any atom is -0.484 e. The summed E-state index contributed by atoms with van der Waals surface area (Å²) in [5, 5.41) is 0.657. The molecule has 0 bridgehead atoms. The number of hydrogen-bond donors (Lipinski definition) is 2. The third-order valence-electron chi connectivity index (χ3n) is 3.71. The van der Waals surface area contributed by atoms with Gasteiger partial charge in [0.2, 0.25) is 0 Å². The molecule has 24 heavy (non-hydrogen) atoms. The van der Waals surface area contributed by atoms with Crippen molar-refractivity contribution in [2.24, 2.45) is 5.84 Å². The van der Waals surface area contributed by atoms with Gasteiger partial charge in [-0.2, -0.15) is 0 Å². The first-order valence-electron chi connectivity index (χ1n) is 7.44. The van der Waals surface area contributed by atoms with Crippen LogP contribution >= 0.6 is 0 Å². The van der Waals surface area contributed by atoms with Gasteiger partial charge in [-0.3, -0.25) is 19.6 Å². The van der Waals surface area contributed by atoms with Crippen LogP contribution < -0.4 is 16.0 Å². The highest BCUT2D eigenvalue weighted by atomic mass is 16.5. The number of aryl methyl sites for hydroxylation is 1. The standard InChI is InChI=1S/C18H17N3O3/c1-12-5-4-6-13(9-12)24-11-17(22)21-10-15(18(23)20-19)14-7-2-3-8-16(14)21/h2-10H,11,19H2,1H3,(H,20,23). The summed E-state index contributed by atoms with van der Waals surface area (Å²) < 4.78 is 6.96. The van der Waals surface area contributed by atoms with Crippen LogP contribution in [0.3, 0.4) is 0 Å². The zero-order valence-corrected chi connectivity index (χ0v) is 13.2. The van der Waals surface area contributed by atoms with Crippen molar-refractivity contribution in [1.82, 2.24) is 9.99 Å². The zero-order valence-electron chi connectivity index (χ0n) is 13.2. The Morgan fingerprint density at radius 2 is 1.96 bits per heavy atom. The van der Waals surface area contributed by atoms with E-state index in [9.17, 15) is 9.59 Å². The molecule has 1 aromatic heterocycles. The minimum absolute atomic E-state index is 0.133. The lowest BCUT2D eigenvalue weighted by Gasteiger charge is -2.07. The predicted molar refractivity (Wildman–Crippen MR) is 90.9 cm³/mol. The first-order valence-corrected chi connectivity index (χ1v) is 7.44. The highest BCUT2D eigenvalue weighted by Gasteiger charge is 2.17. The summed E-state index contributed by atoms with van der Waals surface area (Å²) in [5.41, 5.74) is 4.12. The van der Waals surface area contributed by atoms with Crippen molar-refractivity contribution in [3.63, 3.8) is 0 Å². The molecule has 0 atom stereocenters. The number of carbonyl (C=O) groups is 2. The molecule has 0 radical (unpaired) electrons. The first-order chi connectivity index (χ1) is 11.6. The quantitative estimate of drug-likeness (QED) is 0.438. The largest absolute Gasteiger partial charge is 0.484 e. The Balaban J connectivity index is 1.88. The second-order valence-corrected chi connectivity index (χ2v) is 5.40. The number of nitrogens with one attached hydrogen (secondary N) is 1. The van der Waals surface area contributed by atoms with Crippen molar-refractivity contribution in [3.05, 3.63) is 65.9 Å². The number of nitrogens with two attached hydrogens (primary N) is 1. The number of nitrogens with zero attached hydrogens (tertiary/aromatic N) is 1. The highest BCUT2D eigenvalue weighted by molar-refractivity contribution is 6.09. The molecule has 0 fully saturated rings. The van der Waals surface area contributed by atoms with E-state index in [0.717, 1.165) is 5.56 Å². The molecule has 0 aliphatic carbocycles. The van der Waals surface area contributed by atoms with Gasteiger partial charge in [0.1, 0.15) is 5.75 Å². The molecule has 0 unspecified atom stereocenters. The molecule has 122 valence electrons. The Morgan fingerprint density at radius 3 is 2.71 bits per heavy atom. The fourth-order valence-electron chi connectivity index (χ4n) is 2.56. The van der Waals surface area contributed by atoms with Crippen LogP contribution in [-0.4, -0.2) is 23.0 Å². The first kappa shape index (κ1) is 15.8. The number of hydrogen-bond acceptors (Lipinski definition) is 4. The minimum atomic E-state index is -0.447. The van der Waals surface area contributed by atoms with E-state index in [4.69, 9.17) is 10.6 Å². The number of hydrazine groups is 1. The molecular formula is C18H17N3O3. The zero-order chi connectivity index (χ0) is 17.1. The lowest BCUT2D eigenvalue weighted by atomic mass is 10.2. The number of benzene rings is 2. The van der Waals surface area contributed by atoms with Crippen molar-refractivity contribution < 1.29 is 14.3 Å². The Labute approximate surface area is 138 Å². The SMILES string of the molecule is Cc1cccc(OCC(=O)n2cc(C(=O)NN)c3ccccc32)c1. The maximum absolute atomic E-state index is 12.5. The Hall–Kier alpha value is -3.12. The van der Waals surface area contributed by atoms with E-state index in [2.05, 4.69) is 5.43 Å². The van der Waals surface area contributed by atoms with E-state index >= 15 is 0 Å². The number of amides is 1. The summed E-state index contributed by atoms with van der Waals surface area (Å²) in [6.45, 7) is 1.82. The van der Waals surface area contributed by atoms with Crippen molar-refractivity contribution in [1.29, 1.82) is 0 Å². The van der Waals surface area contributed by atoms with Gasteiger partial charge in [0.25, 0.3) is 11.8 Å². The summed E-state index contributed by atoms with van der Waals surface area (Å²) in [5.74, 6) is 5.11. The van der Waals surface area contributed by atoms with Gasteiger partial charge in [-0.15, -0.1) is 0 Å². The number of para-hydroxylation sites is 1. The molecule has 6 heteroatoms. The molecule has 0 aliphatic rings. The van der Waals surface area contributed by atoms with Gasteiger partial charge in [0.15, 0.2) is 6.61 Å². The van der Waals surface area contributed by atoms with Gasteiger partial charge >= 0.3 is 0 Å². The van der Waals surface area contributed by atoms with Gasteiger partial charge in [-0.1, -0.05) is 30.3 Å². The number of ether oxygens (including phenoxy) is 1. The summed E-state index contributed by atoms with van der Waals surface area (Å²) in [6, 6.07) is 14.6. The second kappa shape index (κ2) is 6.55. The van der Waals surface area contributed by atoms with Crippen molar-refractivity contribution >= 4 is 22.7 Å². The molecular weight excluding hydrogens is 306 g/mol. The summed E-state index contributed by atoms with van der Waals surface area (Å²) >= 11 is 0. The van der Waals surface area contributed by atoms with E-state index in [1.807, 2.05) is 25.1 Å². The van der Waals surface area contributed by atoms with Gasteiger partial charge in [-0.25, -0.2) is 5.84 Å². The van der Waals surface area contributed by atoms with E-state index in [1.54, 1.807) is 30.3 Å². The van der Waals surface area contributed by atoms with Crippen LogP contribution in [0, 0.1) is 6.92 Å². The highest BCUT2D eigenvalue weighted by Crippen LogP contribution is 2.21. The number of carbonyl (C=O) groups excluding carboxylic acids is 2. The molecule has 0 saturated heterocycles. The summed E-state index contributed by atoms with van der Waals surface area (Å²) in [7, 11) is 0. The molecule has 1 heterocycles. The Bertz CT molecular complexity index is 915. The lowest BCUT2D eigenvalue weighted by Crippen LogP contribution is -2.29. The number of aromatic nitrogens is 1. The fourth-order valence-corrected chi connectivity index (χ4v) is 2.56. The lowest BCUT2D eigenvalue weighted by molar-refractivity contribution is 0.0843. The number of fused-ring (bicyclic) bond motifs is 1.